The van der Waals surface area contributed by atoms with Crippen molar-refractivity contribution in [2.24, 2.45) is 0 Å². The first-order valence-corrected chi connectivity index (χ1v) is 9.49. The molecule has 2 aromatic rings. The average molecular weight is 388 g/mol. The molecule has 1 aliphatic rings. The largest absolute Gasteiger partial charge is 0.490 e. The van der Waals surface area contributed by atoms with Gasteiger partial charge in [0, 0.05) is 23.6 Å². The number of anilines is 1. The van der Waals surface area contributed by atoms with Crippen molar-refractivity contribution in [1.29, 1.82) is 0 Å². The summed E-state index contributed by atoms with van der Waals surface area (Å²) in [5.41, 5.74) is 1.02. The molecular formula is C16H15Cl2NO4S. The van der Waals surface area contributed by atoms with Crippen LogP contribution in [0.1, 0.15) is 12.0 Å². The molecule has 0 bridgehead atoms. The maximum Gasteiger partial charge on any atom is 0.261 e. The first-order valence-electron chi connectivity index (χ1n) is 7.25. The summed E-state index contributed by atoms with van der Waals surface area (Å²) in [7, 11) is -3.83. The van der Waals surface area contributed by atoms with Crippen LogP contribution >= 0.6 is 23.2 Å². The summed E-state index contributed by atoms with van der Waals surface area (Å²) < 4.78 is 38.7. The number of hydrogen-bond donors (Lipinski definition) is 1. The maximum absolute atomic E-state index is 12.6. The summed E-state index contributed by atoms with van der Waals surface area (Å²) in [6.07, 6.45) is 0.745. The van der Waals surface area contributed by atoms with Gasteiger partial charge in [-0.05, 0) is 24.6 Å². The smallest absolute Gasteiger partial charge is 0.261 e. The number of hydrogen-bond acceptors (Lipinski definition) is 4. The van der Waals surface area contributed by atoms with Gasteiger partial charge in [0.05, 0.1) is 28.8 Å². The van der Waals surface area contributed by atoms with Crippen LogP contribution in [0.2, 0.25) is 10.0 Å². The van der Waals surface area contributed by atoms with E-state index in [1.165, 1.54) is 18.2 Å². The molecule has 1 N–H and O–H groups in total. The van der Waals surface area contributed by atoms with Crippen LogP contribution in [0.25, 0.3) is 0 Å². The normalized spacial score (nSPS) is 14.1. The van der Waals surface area contributed by atoms with E-state index in [2.05, 4.69) is 4.72 Å². The summed E-state index contributed by atoms with van der Waals surface area (Å²) >= 11 is 12.2. The van der Waals surface area contributed by atoms with E-state index in [-0.39, 0.29) is 15.6 Å². The van der Waals surface area contributed by atoms with Gasteiger partial charge in [-0.25, -0.2) is 8.42 Å². The van der Waals surface area contributed by atoms with Crippen molar-refractivity contribution in [2.45, 2.75) is 18.2 Å². The van der Waals surface area contributed by atoms with Gasteiger partial charge >= 0.3 is 0 Å². The Morgan fingerprint density at radius 3 is 2.33 bits per heavy atom. The van der Waals surface area contributed by atoms with Crippen LogP contribution in [0.15, 0.2) is 35.2 Å². The molecule has 0 spiro atoms. The lowest BCUT2D eigenvalue weighted by Crippen LogP contribution is -2.13. The zero-order valence-electron chi connectivity index (χ0n) is 12.8. The van der Waals surface area contributed by atoms with Gasteiger partial charge in [-0.2, -0.15) is 0 Å². The van der Waals surface area contributed by atoms with Gasteiger partial charge in [0.2, 0.25) is 0 Å². The Morgan fingerprint density at radius 2 is 1.67 bits per heavy atom. The van der Waals surface area contributed by atoms with Crippen molar-refractivity contribution in [2.75, 3.05) is 17.9 Å². The third-order valence-corrected chi connectivity index (χ3v) is 5.62. The molecule has 0 saturated heterocycles. The second-order valence-corrected chi connectivity index (χ2v) is 7.84. The predicted octanol–water partition coefficient (Wildman–Crippen LogP) is 4.26. The van der Waals surface area contributed by atoms with Crippen molar-refractivity contribution in [1.82, 2.24) is 0 Å². The predicted molar refractivity (Wildman–Crippen MR) is 94.1 cm³/mol. The highest BCUT2D eigenvalue weighted by Gasteiger charge is 2.20. The van der Waals surface area contributed by atoms with Gasteiger partial charge in [-0.3, -0.25) is 4.72 Å². The number of sulfonamides is 1. The molecule has 2 aromatic carbocycles. The second kappa shape index (κ2) is 6.70. The standard InChI is InChI=1S/C16H15Cl2NO4S/c1-10-3-4-11(7-12(10)17)24(20,21)19-14-9-16-15(8-13(14)18)22-5-2-6-23-16/h3-4,7-9,19H,2,5-6H2,1H3. The Morgan fingerprint density at radius 1 is 1.00 bits per heavy atom. The van der Waals surface area contributed by atoms with Crippen LogP contribution in [0.5, 0.6) is 11.5 Å². The van der Waals surface area contributed by atoms with E-state index < -0.39 is 10.0 Å². The molecule has 0 amide bonds. The molecule has 0 saturated carbocycles. The molecule has 3 rings (SSSR count). The van der Waals surface area contributed by atoms with E-state index in [0.717, 1.165) is 12.0 Å². The molecular weight excluding hydrogens is 373 g/mol. The van der Waals surface area contributed by atoms with E-state index in [1.54, 1.807) is 19.1 Å². The minimum absolute atomic E-state index is 0.0567. The van der Waals surface area contributed by atoms with Crippen molar-refractivity contribution in [3.8, 4) is 11.5 Å². The lowest BCUT2D eigenvalue weighted by molar-refractivity contribution is 0.297. The summed E-state index contributed by atoms with van der Waals surface area (Å²) in [6, 6.07) is 7.60. The lowest BCUT2D eigenvalue weighted by Gasteiger charge is -2.14. The van der Waals surface area contributed by atoms with E-state index in [4.69, 9.17) is 32.7 Å². The van der Waals surface area contributed by atoms with Gasteiger partial charge in [-0.15, -0.1) is 0 Å². The number of rotatable bonds is 3. The third kappa shape index (κ3) is 3.55. The van der Waals surface area contributed by atoms with E-state index in [1.807, 2.05) is 0 Å². The van der Waals surface area contributed by atoms with Crippen LogP contribution in [0, 0.1) is 6.92 Å². The van der Waals surface area contributed by atoms with Gasteiger partial charge in [0.1, 0.15) is 0 Å². The van der Waals surface area contributed by atoms with Crippen LogP contribution in [-0.4, -0.2) is 21.6 Å². The molecule has 0 unspecified atom stereocenters. The molecule has 5 nitrogen and oxygen atoms in total. The topological polar surface area (TPSA) is 64.6 Å². The number of aryl methyl sites for hydroxylation is 1. The number of fused-ring (bicyclic) bond motifs is 1. The highest BCUT2D eigenvalue weighted by molar-refractivity contribution is 7.92. The van der Waals surface area contributed by atoms with Crippen LogP contribution in [-0.2, 0) is 10.0 Å². The highest BCUT2D eigenvalue weighted by Crippen LogP contribution is 2.38. The molecule has 0 aliphatic carbocycles. The maximum atomic E-state index is 12.6. The van der Waals surface area contributed by atoms with Crippen molar-refractivity contribution >= 4 is 38.9 Å². The third-order valence-electron chi connectivity index (χ3n) is 3.54. The Hall–Kier alpha value is -1.63. The molecule has 0 radical (unpaired) electrons. The van der Waals surface area contributed by atoms with E-state index in [9.17, 15) is 8.42 Å². The Labute approximate surface area is 150 Å². The molecule has 24 heavy (non-hydrogen) atoms. The van der Waals surface area contributed by atoms with Gasteiger partial charge < -0.3 is 9.47 Å². The van der Waals surface area contributed by atoms with Gasteiger partial charge in [-0.1, -0.05) is 29.3 Å². The minimum Gasteiger partial charge on any atom is -0.490 e. The summed E-state index contributed by atoms with van der Waals surface area (Å²) in [5.74, 6) is 0.954. The van der Waals surface area contributed by atoms with E-state index in [0.29, 0.717) is 29.7 Å². The number of ether oxygens (including phenoxy) is 2. The van der Waals surface area contributed by atoms with Crippen molar-refractivity contribution in [3.05, 3.63) is 45.9 Å². The Kier molecular flexibility index (Phi) is 4.80. The molecule has 8 heteroatoms. The van der Waals surface area contributed by atoms with E-state index >= 15 is 0 Å². The van der Waals surface area contributed by atoms with Gasteiger partial charge in [0.25, 0.3) is 10.0 Å². The number of nitrogens with one attached hydrogen (secondary N) is 1. The Balaban J connectivity index is 1.95. The zero-order chi connectivity index (χ0) is 17.3. The SMILES string of the molecule is Cc1ccc(S(=O)(=O)Nc2cc3c(cc2Cl)OCCCO3)cc1Cl. The monoisotopic (exact) mass is 387 g/mol. The van der Waals surface area contributed by atoms with Crippen molar-refractivity contribution < 1.29 is 17.9 Å². The summed E-state index contributed by atoms with van der Waals surface area (Å²) in [6.45, 7) is 2.82. The quantitative estimate of drug-likeness (QED) is 0.853. The Bertz CT molecular complexity index is 884. The second-order valence-electron chi connectivity index (χ2n) is 5.35. The average Bonchev–Trinajstić information content (AvgIpc) is 2.75. The van der Waals surface area contributed by atoms with Crippen LogP contribution in [0.4, 0.5) is 5.69 Å². The zero-order valence-corrected chi connectivity index (χ0v) is 15.1. The fourth-order valence-electron chi connectivity index (χ4n) is 2.21. The van der Waals surface area contributed by atoms with Crippen LogP contribution in [0.3, 0.4) is 0 Å². The minimum atomic E-state index is -3.83. The van der Waals surface area contributed by atoms with Crippen LogP contribution < -0.4 is 14.2 Å². The summed E-state index contributed by atoms with van der Waals surface area (Å²) in [4.78, 5) is 0.0567. The molecule has 1 heterocycles. The summed E-state index contributed by atoms with van der Waals surface area (Å²) in [5, 5.41) is 0.601. The fourth-order valence-corrected chi connectivity index (χ4v) is 3.81. The first kappa shape index (κ1) is 17.2. The molecule has 0 fully saturated rings. The lowest BCUT2D eigenvalue weighted by atomic mass is 10.2. The first-order chi connectivity index (χ1) is 11.4. The number of halogens is 2. The molecule has 0 aromatic heterocycles. The molecule has 1 aliphatic heterocycles. The van der Waals surface area contributed by atoms with Crippen molar-refractivity contribution in [3.63, 3.8) is 0 Å². The van der Waals surface area contributed by atoms with Gasteiger partial charge in [0.15, 0.2) is 11.5 Å². The fraction of sp³-hybridized carbons (Fsp3) is 0.250. The number of benzene rings is 2. The molecule has 0 atom stereocenters. The highest BCUT2D eigenvalue weighted by atomic mass is 35.5. The molecule has 128 valence electrons.